The fraction of sp³-hybridized carbons (Fsp3) is 0.174. The van der Waals surface area contributed by atoms with Crippen LogP contribution in [0.15, 0.2) is 78.0 Å². The molecule has 0 spiro atoms. The van der Waals surface area contributed by atoms with E-state index in [9.17, 15) is 4.39 Å². The van der Waals surface area contributed by atoms with E-state index in [1.807, 2.05) is 48.5 Å². The Kier molecular flexibility index (Phi) is 7.46. The van der Waals surface area contributed by atoms with Crippen LogP contribution in [-0.4, -0.2) is 26.5 Å². The molecular formula is C23H22FNO4. The summed E-state index contributed by atoms with van der Waals surface area (Å²) in [5.41, 5.74) is 1.87. The number of halogens is 1. The van der Waals surface area contributed by atoms with E-state index in [1.54, 1.807) is 31.5 Å². The normalized spacial score (nSPS) is 10.7. The van der Waals surface area contributed by atoms with Crippen molar-refractivity contribution in [2.45, 2.75) is 6.61 Å². The fourth-order valence-electron chi connectivity index (χ4n) is 2.52. The molecule has 0 atom stereocenters. The average molecular weight is 395 g/mol. The Hall–Kier alpha value is -3.54. The van der Waals surface area contributed by atoms with Gasteiger partial charge in [-0.25, -0.2) is 4.39 Å². The summed E-state index contributed by atoms with van der Waals surface area (Å²) in [6.45, 7) is 0.837. The number of para-hydroxylation sites is 1. The van der Waals surface area contributed by atoms with Gasteiger partial charge < -0.3 is 19.0 Å². The Morgan fingerprint density at radius 3 is 2.41 bits per heavy atom. The van der Waals surface area contributed by atoms with Crippen LogP contribution in [0.25, 0.3) is 0 Å². The highest BCUT2D eigenvalue weighted by Crippen LogP contribution is 2.28. The lowest BCUT2D eigenvalue weighted by Gasteiger charge is -2.11. The molecule has 0 N–H and O–H groups in total. The minimum atomic E-state index is -0.405. The van der Waals surface area contributed by atoms with Crippen LogP contribution < -0.4 is 14.2 Å². The maximum absolute atomic E-state index is 13.4. The lowest BCUT2D eigenvalue weighted by atomic mass is 10.2. The van der Waals surface area contributed by atoms with Gasteiger partial charge in [-0.3, -0.25) is 0 Å². The summed E-state index contributed by atoms with van der Waals surface area (Å²) in [6, 6.07) is 21.6. The molecule has 0 aliphatic heterocycles. The molecular weight excluding hydrogens is 373 g/mol. The summed E-state index contributed by atoms with van der Waals surface area (Å²) in [6.07, 6.45) is 1.56. The van der Waals surface area contributed by atoms with Crippen molar-refractivity contribution in [1.29, 1.82) is 0 Å². The van der Waals surface area contributed by atoms with Gasteiger partial charge in [-0.2, -0.15) is 0 Å². The van der Waals surface area contributed by atoms with Crippen LogP contribution in [-0.2, 0) is 11.4 Å². The maximum atomic E-state index is 13.4. The van der Waals surface area contributed by atoms with Crippen molar-refractivity contribution < 1.29 is 23.4 Å². The topological polar surface area (TPSA) is 49.3 Å². The lowest BCUT2D eigenvalue weighted by molar-refractivity contribution is 0.107. The van der Waals surface area contributed by atoms with Gasteiger partial charge in [0.1, 0.15) is 13.2 Å². The highest BCUT2D eigenvalue weighted by Gasteiger charge is 2.06. The minimum absolute atomic E-state index is 0.188. The van der Waals surface area contributed by atoms with Gasteiger partial charge in [0, 0.05) is 5.56 Å². The largest absolute Gasteiger partial charge is 0.493 e. The van der Waals surface area contributed by atoms with Crippen LogP contribution in [0.4, 0.5) is 4.39 Å². The first kappa shape index (κ1) is 20.2. The molecule has 3 aromatic rings. The number of methoxy groups -OCH3 is 1. The molecule has 6 heteroatoms. The predicted octanol–water partition coefficient (Wildman–Crippen LogP) is 4.84. The van der Waals surface area contributed by atoms with Crippen molar-refractivity contribution in [3.8, 4) is 17.2 Å². The van der Waals surface area contributed by atoms with Crippen LogP contribution in [0.3, 0.4) is 0 Å². The molecule has 3 aromatic carbocycles. The monoisotopic (exact) mass is 395 g/mol. The lowest BCUT2D eigenvalue weighted by Crippen LogP contribution is -2.05. The van der Waals surface area contributed by atoms with Crippen molar-refractivity contribution in [2.75, 3.05) is 20.3 Å². The second-order valence-corrected chi connectivity index (χ2v) is 6.03. The molecule has 0 aromatic heterocycles. The molecule has 0 aliphatic rings. The molecule has 0 radical (unpaired) electrons. The van der Waals surface area contributed by atoms with Crippen molar-refractivity contribution in [2.24, 2.45) is 5.16 Å². The third-order valence-corrected chi connectivity index (χ3v) is 3.97. The summed E-state index contributed by atoms with van der Waals surface area (Å²) >= 11 is 0. The first-order chi connectivity index (χ1) is 14.3. The second-order valence-electron chi connectivity index (χ2n) is 6.03. The Balaban J connectivity index is 1.47. The first-order valence-corrected chi connectivity index (χ1v) is 9.13. The zero-order valence-corrected chi connectivity index (χ0v) is 16.1. The van der Waals surface area contributed by atoms with E-state index >= 15 is 0 Å². The SMILES string of the molecule is COc1cc(/C=N/OCCOc2ccccc2F)ccc1OCc1ccccc1. The quantitative estimate of drug-likeness (QED) is 0.280. The summed E-state index contributed by atoms with van der Waals surface area (Å²) in [4.78, 5) is 5.16. The van der Waals surface area contributed by atoms with Crippen molar-refractivity contribution in [1.82, 2.24) is 0 Å². The van der Waals surface area contributed by atoms with Crippen LogP contribution in [0, 0.1) is 5.82 Å². The number of rotatable bonds is 10. The maximum Gasteiger partial charge on any atom is 0.165 e. The molecule has 29 heavy (non-hydrogen) atoms. The van der Waals surface area contributed by atoms with Crippen molar-refractivity contribution >= 4 is 6.21 Å². The Bertz CT molecular complexity index is 931. The molecule has 0 aliphatic carbocycles. The molecule has 0 fully saturated rings. The van der Waals surface area contributed by atoms with Crippen LogP contribution in [0.5, 0.6) is 17.2 Å². The summed E-state index contributed by atoms with van der Waals surface area (Å²) in [5, 5.41) is 3.90. The van der Waals surface area contributed by atoms with Crippen molar-refractivity contribution in [3.05, 3.63) is 89.7 Å². The third kappa shape index (κ3) is 6.24. The van der Waals surface area contributed by atoms with E-state index in [0.717, 1.165) is 11.1 Å². The number of hydrogen-bond donors (Lipinski definition) is 0. The highest BCUT2D eigenvalue weighted by atomic mass is 19.1. The summed E-state index contributed by atoms with van der Waals surface area (Å²) in [7, 11) is 1.59. The standard InChI is InChI=1S/C23H22FNO4/c1-26-23-15-19(11-12-22(23)28-17-18-7-3-2-4-8-18)16-25-29-14-13-27-21-10-6-5-9-20(21)24/h2-12,15-16H,13-14,17H2,1H3/b25-16+. The number of ether oxygens (including phenoxy) is 3. The highest BCUT2D eigenvalue weighted by molar-refractivity contribution is 5.80. The number of hydrogen-bond acceptors (Lipinski definition) is 5. The average Bonchev–Trinajstić information content (AvgIpc) is 2.77. The van der Waals surface area contributed by atoms with Gasteiger partial charge in [0.05, 0.1) is 13.3 Å². The zero-order valence-electron chi connectivity index (χ0n) is 16.1. The Labute approximate surface area is 169 Å². The Morgan fingerprint density at radius 1 is 0.828 bits per heavy atom. The van der Waals surface area contributed by atoms with Gasteiger partial charge in [0.2, 0.25) is 0 Å². The van der Waals surface area contributed by atoms with E-state index in [1.165, 1.54) is 6.07 Å². The van der Waals surface area contributed by atoms with Crippen LogP contribution >= 0.6 is 0 Å². The molecule has 5 nitrogen and oxygen atoms in total. The summed E-state index contributed by atoms with van der Waals surface area (Å²) in [5.74, 6) is 1.04. The molecule has 0 heterocycles. The Morgan fingerprint density at radius 2 is 1.62 bits per heavy atom. The van der Waals surface area contributed by atoms with Crippen LogP contribution in [0.2, 0.25) is 0 Å². The number of nitrogens with zero attached hydrogens (tertiary/aromatic N) is 1. The molecule has 150 valence electrons. The molecule has 0 saturated heterocycles. The van der Waals surface area contributed by atoms with E-state index in [-0.39, 0.29) is 19.0 Å². The zero-order chi connectivity index (χ0) is 20.3. The van der Waals surface area contributed by atoms with E-state index in [0.29, 0.717) is 18.1 Å². The minimum Gasteiger partial charge on any atom is -0.493 e. The number of oxime groups is 1. The molecule has 3 rings (SSSR count). The fourth-order valence-corrected chi connectivity index (χ4v) is 2.52. The van der Waals surface area contributed by atoms with Gasteiger partial charge in [-0.1, -0.05) is 47.6 Å². The van der Waals surface area contributed by atoms with E-state index < -0.39 is 5.82 Å². The molecule has 0 unspecified atom stereocenters. The molecule has 0 amide bonds. The number of benzene rings is 3. The molecule has 0 bridgehead atoms. The van der Waals surface area contributed by atoms with Gasteiger partial charge in [-0.05, 0) is 35.9 Å². The van der Waals surface area contributed by atoms with Gasteiger partial charge in [-0.15, -0.1) is 0 Å². The predicted molar refractivity (Wildman–Crippen MR) is 109 cm³/mol. The van der Waals surface area contributed by atoms with Crippen molar-refractivity contribution in [3.63, 3.8) is 0 Å². The second kappa shape index (κ2) is 10.7. The van der Waals surface area contributed by atoms with E-state index in [4.69, 9.17) is 19.0 Å². The van der Waals surface area contributed by atoms with Crippen LogP contribution in [0.1, 0.15) is 11.1 Å². The third-order valence-electron chi connectivity index (χ3n) is 3.97. The summed E-state index contributed by atoms with van der Waals surface area (Å²) < 4.78 is 29.9. The first-order valence-electron chi connectivity index (χ1n) is 9.13. The van der Waals surface area contributed by atoms with E-state index in [2.05, 4.69) is 5.16 Å². The molecule has 0 saturated carbocycles. The van der Waals surface area contributed by atoms with Gasteiger partial charge in [0.25, 0.3) is 0 Å². The van der Waals surface area contributed by atoms with Gasteiger partial charge in [0.15, 0.2) is 29.7 Å². The smallest absolute Gasteiger partial charge is 0.165 e. The van der Waals surface area contributed by atoms with Gasteiger partial charge >= 0.3 is 0 Å².